The molecule has 0 aliphatic carbocycles. The van der Waals surface area contributed by atoms with Crippen molar-refractivity contribution in [3.05, 3.63) is 40.9 Å². The van der Waals surface area contributed by atoms with Gasteiger partial charge in [-0.3, -0.25) is 4.68 Å². The van der Waals surface area contributed by atoms with Crippen LogP contribution in [0.15, 0.2) is 24.7 Å². The third-order valence-corrected chi connectivity index (χ3v) is 3.34. The van der Waals surface area contributed by atoms with Gasteiger partial charge in [0, 0.05) is 25.0 Å². The van der Waals surface area contributed by atoms with Gasteiger partial charge in [0.1, 0.15) is 11.7 Å². The number of aliphatic hydroxyl groups is 1. The van der Waals surface area contributed by atoms with Crippen LogP contribution in [-0.4, -0.2) is 38.9 Å². The molecule has 24 heavy (non-hydrogen) atoms. The van der Waals surface area contributed by atoms with Crippen molar-refractivity contribution >= 4 is 17.3 Å². The highest BCUT2D eigenvalue weighted by Gasteiger charge is 2.07. The van der Waals surface area contributed by atoms with Gasteiger partial charge in [0.2, 0.25) is 0 Å². The second kappa shape index (κ2) is 8.62. The fourth-order valence-corrected chi connectivity index (χ4v) is 2.15. The molecule has 1 atom stereocenters. The second-order valence-electron chi connectivity index (χ2n) is 5.20. The maximum Gasteiger partial charge on any atom is 0.257 e. The first-order valence-corrected chi connectivity index (χ1v) is 7.71. The maximum atomic E-state index is 12.3. The fourth-order valence-electron chi connectivity index (χ4n) is 1.99. The van der Waals surface area contributed by atoms with Gasteiger partial charge in [-0.15, -0.1) is 0 Å². The second-order valence-corrected chi connectivity index (χ2v) is 5.59. The van der Waals surface area contributed by atoms with Gasteiger partial charge in [0.05, 0.1) is 23.0 Å². The Morgan fingerprint density at radius 1 is 1.38 bits per heavy atom. The van der Waals surface area contributed by atoms with E-state index in [0.29, 0.717) is 28.4 Å². The largest absolute Gasteiger partial charge is 0.396 e. The molecule has 0 unspecified atom stereocenters. The van der Waals surface area contributed by atoms with Crippen molar-refractivity contribution in [1.82, 2.24) is 14.8 Å². The van der Waals surface area contributed by atoms with E-state index in [1.54, 1.807) is 6.07 Å². The zero-order valence-electron chi connectivity index (χ0n) is 13.0. The van der Waals surface area contributed by atoms with Gasteiger partial charge in [-0.2, -0.15) is 5.10 Å². The Kier molecular flexibility index (Phi) is 6.53. The Balaban J connectivity index is 2.19. The van der Waals surface area contributed by atoms with E-state index in [1.807, 2.05) is 6.92 Å². The normalized spacial score (nSPS) is 11.9. The van der Waals surface area contributed by atoms with E-state index in [4.69, 9.17) is 16.7 Å². The van der Waals surface area contributed by atoms with Crippen LogP contribution < -0.4 is 5.32 Å². The Morgan fingerprint density at radius 2 is 2.17 bits per heavy atom. The molecule has 2 aromatic rings. The number of nitrogens with one attached hydrogen (secondary N) is 1. The number of aromatic nitrogens is 3. The minimum absolute atomic E-state index is 0.0304. The van der Waals surface area contributed by atoms with Crippen LogP contribution in [0.1, 0.15) is 24.5 Å². The van der Waals surface area contributed by atoms with Gasteiger partial charge >= 0.3 is 0 Å². The summed E-state index contributed by atoms with van der Waals surface area (Å²) in [5.74, 6) is 5.80. The van der Waals surface area contributed by atoms with Crippen molar-refractivity contribution in [2.24, 2.45) is 0 Å². The van der Waals surface area contributed by atoms with Crippen molar-refractivity contribution in [2.45, 2.75) is 32.4 Å². The first kappa shape index (κ1) is 18.2. The van der Waals surface area contributed by atoms with E-state index in [0.717, 1.165) is 4.68 Å². The minimum atomic E-state index is -2.46. The van der Waals surface area contributed by atoms with Crippen molar-refractivity contribution in [2.75, 3.05) is 11.9 Å². The van der Waals surface area contributed by atoms with Crippen molar-refractivity contribution in [3.8, 4) is 11.8 Å². The van der Waals surface area contributed by atoms with Crippen LogP contribution in [0.3, 0.4) is 0 Å². The zero-order valence-corrected chi connectivity index (χ0v) is 13.8. The molecule has 2 heterocycles. The van der Waals surface area contributed by atoms with Crippen LogP contribution in [0.2, 0.25) is 5.15 Å². The molecule has 0 aromatic carbocycles. The Labute approximate surface area is 143 Å². The number of nitrogens with zero attached hydrogens (tertiary/aromatic N) is 3. The number of rotatable bonds is 6. The molecular weight excluding hydrogens is 338 g/mol. The highest BCUT2D eigenvalue weighted by molar-refractivity contribution is 6.29. The molecule has 0 spiro atoms. The van der Waals surface area contributed by atoms with Gasteiger partial charge in [-0.25, -0.2) is 13.8 Å². The maximum absolute atomic E-state index is 12.3. The smallest absolute Gasteiger partial charge is 0.257 e. The van der Waals surface area contributed by atoms with E-state index in [9.17, 15) is 8.78 Å². The average molecular weight is 355 g/mol. The van der Waals surface area contributed by atoms with Crippen LogP contribution in [0, 0.1) is 11.8 Å². The molecule has 2 aromatic heterocycles. The number of pyridine rings is 1. The van der Waals surface area contributed by atoms with Crippen LogP contribution >= 0.6 is 11.6 Å². The number of hydrogen-bond acceptors (Lipinski definition) is 4. The van der Waals surface area contributed by atoms with E-state index < -0.39 is 13.0 Å². The summed E-state index contributed by atoms with van der Waals surface area (Å²) in [5.41, 5.74) is 1.84. The summed E-state index contributed by atoms with van der Waals surface area (Å²) in [7, 11) is 0. The third kappa shape index (κ3) is 5.48. The highest BCUT2D eigenvalue weighted by atomic mass is 35.5. The minimum Gasteiger partial charge on any atom is -0.396 e. The number of anilines is 1. The highest BCUT2D eigenvalue weighted by Crippen LogP contribution is 2.19. The molecule has 2 rings (SSSR count). The molecule has 0 saturated heterocycles. The van der Waals surface area contributed by atoms with Crippen LogP contribution in [0.4, 0.5) is 14.5 Å². The molecule has 128 valence electrons. The summed E-state index contributed by atoms with van der Waals surface area (Å²) in [6.45, 7) is 1.53. The molecule has 0 saturated carbocycles. The number of aliphatic hydroxyl groups excluding tert-OH is 1. The van der Waals surface area contributed by atoms with Gasteiger partial charge in [0.25, 0.3) is 6.43 Å². The Hall–Kier alpha value is -2.17. The molecule has 0 fully saturated rings. The standard InChI is InChI=1S/C16H17ClF2N4O/c1-11(4-5-24)22-14-6-15(17)20-8-13(14)3-2-12-7-21-23(9-12)10-16(18)19/h6-9,11,16,24H,4-5,10H2,1H3,(H,20,22)/t11-/m1/s1. The van der Waals surface area contributed by atoms with Gasteiger partial charge in [-0.1, -0.05) is 23.4 Å². The van der Waals surface area contributed by atoms with Crippen molar-refractivity contribution in [1.29, 1.82) is 0 Å². The lowest BCUT2D eigenvalue weighted by molar-refractivity contribution is 0.122. The monoisotopic (exact) mass is 354 g/mol. The number of halogens is 3. The Morgan fingerprint density at radius 3 is 2.88 bits per heavy atom. The number of alkyl halides is 2. The van der Waals surface area contributed by atoms with Crippen molar-refractivity contribution in [3.63, 3.8) is 0 Å². The molecule has 0 amide bonds. The molecule has 0 aliphatic heterocycles. The predicted molar refractivity (Wildman–Crippen MR) is 88.2 cm³/mol. The molecule has 0 radical (unpaired) electrons. The average Bonchev–Trinajstić information content (AvgIpc) is 2.93. The van der Waals surface area contributed by atoms with Crippen molar-refractivity contribution < 1.29 is 13.9 Å². The first-order chi connectivity index (χ1) is 11.5. The summed E-state index contributed by atoms with van der Waals surface area (Å²) in [6.07, 6.45) is 2.54. The van der Waals surface area contributed by atoms with Gasteiger partial charge in [-0.05, 0) is 19.4 Å². The first-order valence-electron chi connectivity index (χ1n) is 7.33. The zero-order chi connectivity index (χ0) is 17.5. The molecular formula is C16H17ClF2N4O. The summed E-state index contributed by atoms with van der Waals surface area (Å²) in [6, 6.07) is 1.68. The van der Waals surface area contributed by atoms with E-state index in [2.05, 4.69) is 27.2 Å². The lowest BCUT2D eigenvalue weighted by Crippen LogP contribution is -2.17. The molecule has 8 heteroatoms. The Bertz CT molecular complexity index is 739. The molecule has 5 nitrogen and oxygen atoms in total. The lowest BCUT2D eigenvalue weighted by atomic mass is 10.2. The van der Waals surface area contributed by atoms with E-state index in [1.165, 1.54) is 18.6 Å². The van der Waals surface area contributed by atoms with E-state index >= 15 is 0 Å². The lowest BCUT2D eigenvalue weighted by Gasteiger charge is -2.15. The topological polar surface area (TPSA) is 63.0 Å². The van der Waals surface area contributed by atoms with Crippen LogP contribution in [0.5, 0.6) is 0 Å². The summed E-state index contributed by atoms with van der Waals surface area (Å²) >= 11 is 5.91. The summed E-state index contributed by atoms with van der Waals surface area (Å²) in [5, 5.41) is 16.4. The molecule has 2 N–H and O–H groups in total. The van der Waals surface area contributed by atoms with E-state index in [-0.39, 0.29) is 12.6 Å². The fraction of sp³-hybridized carbons (Fsp3) is 0.375. The molecule has 0 bridgehead atoms. The van der Waals surface area contributed by atoms with Crippen LogP contribution in [-0.2, 0) is 6.54 Å². The quantitative estimate of drug-likeness (QED) is 0.618. The van der Waals surface area contributed by atoms with Crippen LogP contribution in [0.25, 0.3) is 0 Å². The summed E-state index contributed by atoms with van der Waals surface area (Å²) < 4.78 is 25.8. The molecule has 0 aliphatic rings. The SMILES string of the molecule is C[C@H](CCO)Nc1cc(Cl)ncc1C#Cc1cnn(CC(F)F)c1. The third-order valence-electron chi connectivity index (χ3n) is 3.13. The number of hydrogen-bond donors (Lipinski definition) is 2. The van der Waals surface area contributed by atoms with Gasteiger partial charge < -0.3 is 10.4 Å². The van der Waals surface area contributed by atoms with Gasteiger partial charge in [0.15, 0.2) is 0 Å². The summed E-state index contributed by atoms with van der Waals surface area (Å²) in [4.78, 5) is 4.00. The predicted octanol–water partition coefficient (Wildman–Crippen LogP) is 2.78.